The van der Waals surface area contributed by atoms with E-state index < -0.39 is 5.41 Å². The van der Waals surface area contributed by atoms with Crippen molar-refractivity contribution in [1.82, 2.24) is 9.80 Å². The molecule has 0 saturated carbocycles. The fraction of sp³-hybridized carbons (Fsp3) is 1.00. The Morgan fingerprint density at radius 1 is 0.514 bits per heavy atom. The topological polar surface area (TPSA) is 24.9 Å². The van der Waals surface area contributed by atoms with Gasteiger partial charge in [-0.2, -0.15) is 0 Å². The van der Waals surface area contributed by atoms with Crippen LogP contribution in [0.15, 0.2) is 0 Å². The summed E-state index contributed by atoms with van der Waals surface area (Å²) in [5, 5.41) is 0. The van der Waals surface area contributed by atoms with Gasteiger partial charge in [-0.15, -0.1) is 23.2 Å². The van der Waals surface area contributed by atoms with Crippen LogP contribution in [-0.2, 0) is 9.47 Å². The fourth-order valence-electron chi connectivity index (χ4n) is 4.66. The van der Waals surface area contributed by atoms with Crippen molar-refractivity contribution in [2.45, 2.75) is 128 Å². The van der Waals surface area contributed by atoms with Crippen LogP contribution in [0.2, 0.25) is 0 Å². The van der Waals surface area contributed by atoms with Gasteiger partial charge in [0.15, 0.2) is 0 Å². The van der Waals surface area contributed by atoms with Crippen molar-refractivity contribution in [2.75, 3.05) is 54.6 Å². The molecule has 0 aliphatic rings. The average Bonchev–Trinajstić information content (AvgIpc) is 2.84. The summed E-state index contributed by atoms with van der Waals surface area (Å²) in [7, 11) is 8.01. The molecule has 0 heterocycles. The molecule has 0 bridgehead atoms. The van der Waals surface area contributed by atoms with E-state index in [0.29, 0.717) is 13.2 Å². The van der Waals surface area contributed by atoms with Gasteiger partial charge in [-0.1, -0.05) is 104 Å². The van der Waals surface area contributed by atoms with E-state index in [1.165, 1.54) is 89.9 Å². The Kier molecular flexibility index (Phi) is 23.8. The van der Waals surface area contributed by atoms with Crippen molar-refractivity contribution in [2.24, 2.45) is 5.41 Å². The molecule has 0 aromatic carbocycles. The normalized spacial score (nSPS) is 14.2. The van der Waals surface area contributed by atoms with Crippen molar-refractivity contribution in [3.63, 3.8) is 0 Å². The second-order valence-electron chi connectivity index (χ2n) is 10.9. The Balaban J connectivity index is 4.59. The Bertz CT molecular complexity index is 412. The second kappa shape index (κ2) is 23.5. The number of hydrogen-bond donors (Lipinski definition) is 0. The van der Waals surface area contributed by atoms with Gasteiger partial charge in [0.2, 0.25) is 0 Å². The first-order valence-electron chi connectivity index (χ1n) is 14.6. The van der Waals surface area contributed by atoms with Crippen LogP contribution in [0.5, 0.6) is 0 Å². The molecule has 0 amide bonds. The molecule has 2 unspecified atom stereocenters. The molecule has 0 fully saturated rings. The molecule has 0 rings (SSSR count). The summed E-state index contributed by atoms with van der Waals surface area (Å²) >= 11 is 14.0. The van der Waals surface area contributed by atoms with E-state index in [9.17, 15) is 0 Å². The maximum Gasteiger partial charge on any atom is 0.0974 e. The number of ether oxygens (including phenoxy) is 2. The molecule has 0 saturated heterocycles. The van der Waals surface area contributed by atoms with Crippen LogP contribution in [0.4, 0.5) is 0 Å². The third-order valence-corrected chi connectivity index (χ3v) is 8.53. The van der Waals surface area contributed by atoms with E-state index in [0.717, 1.165) is 26.1 Å². The summed E-state index contributed by atoms with van der Waals surface area (Å²) < 4.78 is 12.5. The van der Waals surface area contributed by atoms with E-state index in [1.54, 1.807) is 0 Å². The highest BCUT2D eigenvalue weighted by molar-refractivity contribution is 6.24. The van der Waals surface area contributed by atoms with Crippen molar-refractivity contribution in [1.29, 1.82) is 0 Å². The monoisotopic (exact) mass is 538 g/mol. The van der Waals surface area contributed by atoms with E-state index in [4.69, 9.17) is 32.7 Å². The summed E-state index contributed by atoms with van der Waals surface area (Å²) in [6.07, 6.45) is 20.7. The Labute approximate surface area is 229 Å². The molecule has 0 N–H and O–H groups in total. The number of alkyl halides is 2. The third-order valence-electron chi connectivity index (χ3n) is 6.88. The first kappa shape index (κ1) is 35.4. The zero-order chi connectivity index (χ0) is 26.4. The minimum Gasteiger partial charge on any atom is -0.381 e. The van der Waals surface area contributed by atoms with Crippen molar-refractivity contribution in [3.8, 4) is 0 Å². The van der Waals surface area contributed by atoms with Gasteiger partial charge in [0.05, 0.1) is 29.6 Å². The smallest absolute Gasteiger partial charge is 0.0974 e. The molecular formula is C29H60Cl2N2O2. The van der Waals surface area contributed by atoms with Crippen LogP contribution in [0.3, 0.4) is 0 Å². The lowest BCUT2D eigenvalue weighted by Gasteiger charge is -2.45. The zero-order valence-electron chi connectivity index (χ0n) is 24.3. The highest BCUT2D eigenvalue weighted by atomic mass is 35.5. The maximum atomic E-state index is 6.98. The predicted molar refractivity (Wildman–Crippen MR) is 156 cm³/mol. The fourth-order valence-corrected chi connectivity index (χ4v) is 5.21. The lowest BCUT2D eigenvalue weighted by atomic mass is 9.87. The van der Waals surface area contributed by atoms with Gasteiger partial charge in [-0.05, 0) is 41.0 Å². The summed E-state index contributed by atoms with van der Waals surface area (Å²) in [4.78, 5) is 4.06. The second-order valence-corrected chi connectivity index (χ2v) is 11.7. The van der Waals surface area contributed by atoms with Gasteiger partial charge >= 0.3 is 0 Å². The zero-order valence-corrected chi connectivity index (χ0v) is 25.8. The van der Waals surface area contributed by atoms with Crippen LogP contribution in [0.1, 0.15) is 117 Å². The predicted octanol–water partition coefficient (Wildman–Crippen LogP) is 8.54. The maximum absolute atomic E-state index is 6.98. The van der Waals surface area contributed by atoms with Crippen LogP contribution in [0.25, 0.3) is 0 Å². The van der Waals surface area contributed by atoms with Crippen LogP contribution in [-0.4, -0.2) is 75.4 Å². The largest absolute Gasteiger partial charge is 0.381 e. The molecule has 212 valence electrons. The molecule has 0 aromatic rings. The molecule has 0 aromatic heterocycles. The van der Waals surface area contributed by atoms with E-state index in [1.807, 2.05) is 38.0 Å². The number of unbranched alkanes of at least 4 members (excludes halogenated alkanes) is 14. The van der Waals surface area contributed by atoms with Crippen LogP contribution < -0.4 is 0 Å². The van der Waals surface area contributed by atoms with Gasteiger partial charge in [-0.3, -0.25) is 9.80 Å². The Hall–Kier alpha value is 0.420. The highest BCUT2D eigenvalue weighted by Gasteiger charge is 2.47. The van der Waals surface area contributed by atoms with Crippen molar-refractivity contribution >= 4 is 23.2 Å². The van der Waals surface area contributed by atoms with Gasteiger partial charge in [0.1, 0.15) is 0 Å². The molecular weight excluding hydrogens is 479 g/mol. The molecule has 0 aliphatic heterocycles. The van der Waals surface area contributed by atoms with Crippen molar-refractivity contribution in [3.05, 3.63) is 0 Å². The minimum absolute atomic E-state index is 0.287. The molecule has 0 radical (unpaired) electrons. The first-order valence-corrected chi connectivity index (χ1v) is 15.5. The summed E-state index contributed by atoms with van der Waals surface area (Å²) in [6, 6.07) is 0. The summed E-state index contributed by atoms with van der Waals surface area (Å²) in [6.45, 7) is 7.04. The molecule has 0 aliphatic carbocycles. The van der Waals surface area contributed by atoms with Gasteiger partial charge in [-0.25, -0.2) is 0 Å². The SMILES string of the molecule is CCCCCCCCCCOCC(COCCCCCCCCCC)(C(Cl)N(C)C)C(Cl)N(C)C. The first-order chi connectivity index (χ1) is 16.8. The number of rotatable bonds is 26. The van der Waals surface area contributed by atoms with E-state index >= 15 is 0 Å². The van der Waals surface area contributed by atoms with Crippen LogP contribution in [0, 0.1) is 5.41 Å². The summed E-state index contributed by atoms with van der Waals surface area (Å²) in [5.41, 5.74) is -1.09. The summed E-state index contributed by atoms with van der Waals surface area (Å²) in [5.74, 6) is 0. The number of halogens is 2. The lowest BCUT2D eigenvalue weighted by molar-refractivity contribution is -0.0665. The van der Waals surface area contributed by atoms with Crippen LogP contribution >= 0.6 is 23.2 Å². The Morgan fingerprint density at radius 3 is 1.09 bits per heavy atom. The molecule has 35 heavy (non-hydrogen) atoms. The third kappa shape index (κ3) is 16.8. The average molecular weight is 540 g/mol. The number of nitrogens with zero attached hydrogens (tertiary/aromatic N) is 2. The van der Waals surface area contributed by atoms with E-state index in [-0.39, 0.29) is 11.0 Å². The highest BCUT2D eigenvalue weighted by Crippen LogP contribution is 2.37. The number of hydrogen-bond acceptors (Lipinski definition) is 4. The molecule has 6 heteroatoms. The molecule has 2 atom stereocenters. The van der Waals surface area contributed by atoms with Gasteiger partial charge < -0.3 is 9.47 Å². The van der Waals surface area contributed by atoms with Gasteiger partial charge in [0.25, 0.3) is 0 Å². The van der Waals surface area contributed by atoms with Gasteiger partial charge in [0, 0.05) is 13.2 Å². The standard InChI is InChI=1S/C29H60Cl2N2O2/c1-7-9-11-13-15-17-19-21-23-34-25-29(27(30)32(3)4,28(31)33(5)6)26-35-24-22-20-18-16-14-12-10-8-2/h27-28H,7-26H2,1-6H3. The Morgan fingerprint density at radius 2 is 0.800 bits per heavy atom. The quantitative estimate of drug-likeness (QED) is 0.0625. The molecule has 4 nitrogen and oxygen atoms in total. The minimum atomic E-state index is -0.517. The van der Waals surface area contributed by atoms with Crippen molar-refractivity contribution < 1.29 is 9.47 Å². The lowest BCUT2D eigenvalue weighted by Crippen LogP contribution is -2.57. The van der Waals surface area contributed by atoms with E-state index in [2.05, 4.69) is 13.8 Å². The molecule has 0 spiro atoms.